The molecule has 0 aromatic carbocycles. The van der Waals surface area contributed by atoms with Crippen LogP contribution in [0.1, 0.15) is 6.42 Å². The van der Waals surface area contributed by atoms with E-state index in [9.17, 15) is 0 Å². The fourth-order valence-electron chi connectivity index (χ4n) is 0.568. The van der Waals surface area contributed by atoms with Gasteiger partial charge in [-0.15, -0.1) is 0 Å². The highest BCUT2D eigenvalue weighted by molar-refractivity contribution is 7.45. The van der Waals surface area contributed by atoms with E-state index in [-0.39, 0.29) is 0 Å². The second kappa shape index (κ2) is 4.59. The Morgan fingerprint density at radius 3 is 3.30 bits per heavy atom. The first-order valence-electron chi connectivity index (χ1n) is 3.10. The quantitative estimate of drug-likeness (QED) is 0.489. The molecule has 0 aromatic heterocycles. The van der Waals surface area contributed by atoms with Gasteiger partial charge in [0.25, 0.3) is 8.53 Å². The van der Waals surface area contributed by atoms with Crippen LogP contribution in [0.15, 0.2) is 0 Å². The van der Waals surface area contributed by atoms with Crippen molar-refractivity contribution in [3.05, 3.63) is 0 Å². The van der Waals surface area contributed by atoms with Crippen molar-refractivity contribution in [1.82, 2.24) is 5.09 Å². The van der Waals surface area contributed by atoms with E-state index in [2.05, 4.69) is 5.09 Å². The maximum Gasteiger partial charge on any atom is 0.255 e. The topological polar surface area (TPSA) is 54.3 Å². The summed E-state index contributed by atoms with van der Waals surface area (Å²) in [6.45, 7) is 2.05. The van der Waals surface area contributed by atoms with Crippen LogP contribution in [-0.4, -0.2) is 19.8 Å². The molecule has 0 bridgehead atoms. The van der Waals surface area contributed by atoms with E-state index >= 15 is 0 Å². The Labute approximate surface area is 61.1 Å². The largest absolute Gasteiger partial charge is 0.321 e. The maximum absolute atomic E-state index is 8.16. The Balaban J connectivity index is 1.97. The van der Waals surface area contributed by atoms with Crippen LogP contribution in [-0.2, 0) is 9.05 Å². The lowest BCUT2D eigenvalue weighted by Gasteiger charge is -2.06. The molecule has 1 rings (SSSR count). The summed E-state index contributed by atoms with van der Waals surface area (Å²) in [4.78, 5) is 0. The zero-order chi connectivity index (χ0) is 7.23. The van der Waals surface area contributed by atoms with Gasteiger partial charge in [0.2, 0.25) is 0 Å². The van der Waals surface area contributed by atoms with Crippen LogP contribution in [0.25, 0.3) is 0 Å². The summed E-state index contributed by atoms with van der Waals surface area (Å²) in [5.74, 6) is 0. The van der Waals surface area contributed by atoms with Gasteiger partial charge in [-0.3, -0.25) is 0 Å². The number of hydrogen-bond acceptors (Lipinski definition) is 4. The molecule has 1 N–H and O–H groups in total. The van der Waals surface area contributed by atoms with Crippen LogP contribution >= 0.6 is 8.53 Å². The van der Waals surface area contributed by atoms with Crippen molar-refractivity contribution in [3.63, 3.8) is 0 Å². The fourth-order valence-corrected chi connectivity index (χ4v) is 1.61. The minimum atomic E-state index is -0.858. The molecule has 0 aromatic rings. The van der Waals surface area contributed by atoms with Crippen LogP contribution in [0.4, 0.5) is 0 Å². The molecule has 1 heterocycles. The molecule has 0 saturated carbocycles. The summed E-state index contributed by atoms with van der Waals surface area (Å²) in [5, 5.41) is 11.2. The van der Waals surface area contributed by atoms with Gasteiger partial charge in [0.05, 0.1) is 25.7 Å². The number of nitriles is 1. The molecule has 1 unspecified atom stereocenters. The Bertz CT molecular complexity index is 130. The fraction of sp³-hybridized carbons (Fsp3) is 0.800. The number of nitrogens with zero attached hydrogens (tertiary/aromatic N) is 1. The van der Waals surface area contributed by atoms with E-state index < -0.39 is 8.53 Å². The third-order valence-electron chi connectivity index (χ3n) is 0.974. The lowest BCUT2D eigenvalue weighted by Crippen LogP contribution is -2.02. The highest BCUT2D eigenvalue weighted by Crippen LogP contribution is 2.36. The van der Waals surface area contributed by atoms with Crippen molar-refractivity contribution in [2.24, 2.45) is 0 Å². The molecule has 56 valence electrons. The monoisotopic (exact) mass is 160 g/mol. The predicted octanol–water partition coefficient (Wildman–Crippen LogP) is 0.763. The molecule has 0 spiro atoms. The third kappa shape index (κ3) is 2.59. The summed E-state index contributed by atoms with van der Waals surface area (Å²) < 4.78 is 10.3. The summed E-state index contributed by atoms with van der Waals surface area (Å²) >= 11 is 0. The van der Waals surface area contributed by atoms with E-state index in [4.69, 9.17) is 14.3 Å². The Hall–Kier alpha value is -0.200. The Morgan fingerprint density at radius 1 is 1.80 bits per heavy atom. The first-order chi connectivity index (χ1) is 4.93. The van der Waals surface area contributed by atoms with E-state index in [1.54, 1.807) is 0 Å². The lowest BCUT2D eigenvalue weighted by atomic mass is 10.5. The van der Waals surface area contributed by atoms with Gasteiger partial charge in [-0.25, -0.2) is 5.09 Å². The maximum atomic E-state index is 8.16. The van der Waals surface area contributed by atoms with E-state index in [0.717, 1.165) is 13.2 Å². The summed E-state index contributed by atoms with van der Waals surface area (Å²) in [7, 11) is -0.858. The minimum Gasteiger partial charge on any atom is -0.321 e. The van der Waals surface area contributed by atoms with Crippen LogP contribution in [0.5, 0.6) is 0 Å². The molecule has 1 aliphatic rings. The van der Waals surface area contributed by atoms with Gasteiger partial charge in [-0.05, 0) is 0 Å². The molecule has 0 aliphatic carbocycles. The molecule has 4 nitrogen and oxygen atoms in total. The van der Waals surface area contributed by atoms with E-state index in [0.29, 0.717) is 13.0 Å². The highest BCUT2D eigenvalue weighted by atomic mass is 31.2. The Kier molecular flexibility index (Phi) is 3.63. The molecule has 1 atom stereocenters. The van der Waals surface area contributed by atoms with Crippen LogP contribution in [0.2, 0.25) is 0 Å². The lowest BCUT2D eigenvalue weighted by molar-refractivity contribution is 0.281. The van der Waals surface area contributed by atoms with Gasteiger partial charge in [-0.1, -0.05) is 0 Å². The Morgan fingerprint density at radius 2 is 2.70 bits per heavy atom. The van der Waals surface area contributed by atoms with Crippen molar-refractivity contribution in [2.45, 2.75) is 6.42 Å². The number of nitrogens with one attached hydrogen (secondary N) is 1. The van der Waals surface area contributed by atoms with Gasteiger partial charge in [-0.2, -0.15) is 5.26 Å². The van der Waals surface area contributed by atoms with Gasteiger partial charge >= 0.3 is 0 Å². The molecule has 10 heavy (non-hydrogen) atoms. The smallest absolute Gasteiger partial charge is 0.255 e. The summed E-state index contributed by atoms with van der Waals surface area (Å²) in [5.41, 5.74) is 0. The SMILES string of the molecule is N#CCCOP1NCCO1. The van der Waals surface area contributed by atoms with E-state index in [1.165, 1.54) is 0 Å². The average molecular weight is 160 g/mol. The predicted molar refractivity (Wildman–Crippen MR) is 37.1 cm³/mol. The molecule has 5 heteroatoms. The molecular weight excluding hydrogens is 151 g/mol. The molecule has 0 amide bonds. The molecule has 1 aliphatic heterocycles. The number of rotatable bonds is 3. The van der Waals surface area contributed by atoms with Gasteiger partial charge < -0.3 is 9.05 Å². The van der Waals surface area contributed by atoms with Gasteiger partial charge in [0.15, 0.2) is 0 Å². The normalized spacial score (nSPS) is 24.5. The summed E-state index contributed by atoms with van der Waals surface area (Å²) in [6, 6.07) is 1.99. The third-order valence-corrected chi connectivity index (χ3v) is 2.29. The molecule has 1 saturated heterocycles. The van der Waals surface area contributed by atoms with Gasteiger partial charge in [0, 0.05) is 6.54 Å². The van der Waals surface area contributed by atoms with Crippen molar-refractivity contribution in [3.8, 4) is 6.07 Å². The van der Waals surface area contributed by atoms with Crippen molar-refractivity contribution >= 4 is 8.53 Å². The standard InChI is InChI=1S/C5H9N2O2P/c6-2-1-4-8-10-7-3-5-9-10/h7H,1,3-5H2. The molecule has 1 fully saturated rings. The summed E-state index contributed by atoms with van der Waals surface area (Å²) in [6.07, 6.45) is 0.434. The zero-order valence-corrected chi connectivity index (χ0v) is 6.43. The second-order valence-electron chi connectivity index (χ2n) is 1.74. The second-order valence-corrected chi connectivity index (χ2v) is 3.09. The highest BCUT2D eigenvalue weighted by Gasteiger charge is 2.15. The first kappa shape index (κ1) is 7.90. The molecule has 0 radical (unpaired) electrons. The molecular formula is C5H9N2O2P. The van der Waals surface area contributed by atoms with Crippen LogP contribution < -0.4 is 5.09 Å². The zero-order valence-electron chi connectivity index (χ0n) is 5.54. The van der Waals surface area contributed by atoms with Gasteiger partial charge in [0.1, 0.15) is 0 Å². The van der Waals surface area contributed by atoms with E-state index in [1.807, 2.05) is 6.07 Å². The van der Waals surface area contributed by atoms with Crippen LogP contribution in [0.3, 0.4) is 0 Å². The van der Waals surface area contributed by atoms with Crippen molar-refractivity contribution in [2.75, 3.05) is 19.8 Å². The van der Waals surface area contributed by atoms with Crippen molar-refractivity contribution in [1.29, 1.82) is 5.26 Å². The first-order valence-corrected chi connectivity index (χ1v) is 4.27. The van der Waals surface area contributed by atoms with Crippen LogP contribution in [0, 0.1) is 11.3 Å². The average Bonchev–Trinajstić information content (AvgIpc) is 2.41. The minimum absolute atomic E-state index is 0.434. The van der Waals surface area contributed by atoms with Crippen molar-refractivity contribution < 1.29 is 9.05 Å². The number of hydrogen-bond donors (Lipinski definition) is 1.